The fourth-order valence-corrected chi connectivity index (χ4v) is 3.28. The number of carbonyl (C=O) groups excluding carboxylic acids is 1. The van der Waals surface area contributed by atoms with Crippen LogP contribution in [0.1, 0.15) is 59.8 Å². The summed E-state index contributed by atoms with van der Waals surface area (Å²) in [5.41, 5.74) is 0. The number of likely N-dealkylation sites (N-methyl/N-ethyl adjacent to an activating group) is 1. The van der Waals surface area contributed by atoms with Crippen LogP contribution in [-0.4, -0.2) is 73.5 Å². The Balaban J connectivity index is 2.36. The summed E-state index contributed by atoms with van der Waals surface area (Å²) in [6.45, 7) is 15.1. The number of nitrogens with zero attached hydrogens (tertiary/aromatic N) is 3. The van der Waals surface area contributed by atoms with Crippen molar-refractivity contribution in [2.75, 3.05) is 45.8 Å². The predicted octanol–water partition coefficient (Wildman–Crippen LogP) is 2.06. The summed E-state index contributed by atoms with van der Waals surface area (Å²) in [7, 11) is 0. The Labute approximate surface area is 154 Å². The highest BCUT2D eigenvalue weighted by Crippen LogP contribution is 2.11. The van der Waals surface area contributed by atoms with Crippen LogP contribution in [0.25, 0.3) is 0 Å². The van der Waals surface area contributed by atoms with E-state index in [-0.39, 0.29) is 0 Å². The highest BCUT2D eigenvalue weighted by Gasteiger charge is 2.15. The fraction of sp³-hybridized carbons (Fsp3) is 0.895. The van der Waals surface area contributed by atoms with Gasteiger partial charge in [0.25, 0.3) is 0 Å². The molecule has 25 heavy (non-hydrogen) atoms. The van der Waals surface area contributed by atoms with Crippen molar-refractivity contribution in [2.45, 2.75) is 65.8 Å². The Morgan fingerprint density at radius 1 is 1.20 bits per heavy atom. The molecule has 0 aliphatic carbocycles. The van der Waals surface area contributed by atoms with Gasteiger partial charge < -0.3 is 15.5 Å². The van der Waals surface area contributed by atoms with Gasteiger partial charge >= 0.3 is 0 Å². The minimum absolute atomic E-state index is 0.325. The van der Waals surface area contributed by atoms with Crippen LogP contribution in [0.2, 0.25) is 0 Å². The highest BCUT2D eigenvalue weighted by atomic mass is 16.2. The van der Waals surface area contributed by atoms with Crippen LogP contribution in [-0.2, 0) is 4.79 Å². The topological polar surface area (TPSA) is 60.0 Å². The van der Waals surface area contributed by atoms with E-state index >= 15 is 0 Å². The first-order valence-corrected chi connectivity index (χ1v) is 10.2. The summed E-state index contributed by atoms with van der Waals surface area (Å²) in [4.78, 5) is 21.2. The standard InChI is InChI=1S/C19H39N5O/c1-5-20-19(22-16-17(4)23(6-2)7-3)21-13-11-15-24-14-10-8-9-12-18(24)25/h17H,5-16H2,1-4H3,(H2,20,21,22). The second-order valence-corrected chi connectivity index (χ2v) is 6.76. The van der Waals surface area contributed by atoms with Crippen LogP contribution in [0.15, 0.2) is 4.99 Å². The van der Waals surface area contributed by atoms with E-state index < -0.39 is 0 Å². The fourth-order valence-electron chi connectivity index (χ4n) is 3.28. The van der Waals surface area contributed by atoms with Crippen molar-refractivity contribution < 1.29 is 4.79 Å². The smallest absolute Gasteiger partial charge is 0.222 e. The molecule has 0 aromatic carbocycles. The van der Waals surface area contributed by atoms with E-state index in [4.69, 9.17) is 4.99 Å². The van der Waals surface area contributed by atoms with Crippen LogP contribution in [0.4, 0.5) is 0 Å². The molecule has 0 aromatic rings. The number of nitrogens with one attached hydrogen (secondary N) is 2. The van der Waals surface area contributed by atoms with Crippen molar-refractivity contribution in [3.8, 4) is 0 Å². The van der Waals surface area contributed by atoms with Gasteiger partial charge in [0.2, 0.25) is 5.91 Å². The quantitative estimate of drug-likeness (QED) is 0.359. The number of amides is 1. The monoisotopic (exact) mass is 353 g/mol. The molecule has 1 saturated heterocycles. The molecule has 0 radical (unpaired) electrons. The third kappa shape index (κ3) is 8.56. The summed E-state index contributed by atoms with van der Waals surface area (Å²) >= 11 is 0. The first kappa shape index (κ1) is 21.7. The molecule has 6 nitrogen and oxygen atoms in total. The van der Waals surface area contributed by atoms with Crippen molar-refractivity contribution >= 4 is 11.9 Å². The lowest BCUT2D eigenvalue weighted by Crippen LogP contribution is -2.41. The van der Waals surface area contributed by atoms with E-state index in [9.17, 15) is 4.79 Å². The summed E-state index contributed by atoms with van der Waals surface area (Å²) < 4.78 is 0. The van der Waals surface area contributed by atoms with E-state index in [1.807, 2.05) is 4.90 Å². The van der Waals surface area contributed by atoms with Crippen LogP contribution in [0.3, 0.4) is 0 Å². The Morgan fingerprint density at radius 3 is 2.64 bits per heavy atom. The molecule has 0 spiro atoms. The molecular formula is C19H39N5O. The molecule has 0 saturated carbocycles. The van der Waals surface area contributed by atoms with E-state index in [0.717, 1.165) is 77.5 Å². The van der Waals surface area contributed by atoms with E-state index in [2.05, 4.69) is 43.2 Å². The van der Waals surface area contributed by atoms with Crippen molar-refractivity contribution in [3.63, 3.8) is 0 Å². The molecular weight excluding hydrogens is 314 g/mol. The van der Waals surface area contributed by atoms with Crippen LogP contribution in [0, 0.1) is 0 Å². The number of carbonyl (C=O) groups is 1. The number of hydrogen-bond donors (Lipinski definition) is 2. The van der Waals surface area contributed by atoms with Crippen molar-refractivity contribution in [1.29, 1.82) is 0 Å². The minimum atomic E-state index is 0.325. The van der Waals surface area contributed by atoms with Crippen LogP contribution >= 0.6 is 0 Å². The maximum Gasteiger partial charge on any atom is 0.222 e. The van der Waals surface area contributed by atoms with Crippen molar-refractivity contribution in [2.24, 2.45) is 4.99 Å². The lowest BCUT2D eigenvalue weighted by Gasteiger charge is -2.25. The second-order valence-electron chi connectivity index (χ2n) is 6.76. The molecule has 1 atom stereocenters. The Morgan fingerprint density at radius 2 is 1.96 bits per heavy atom. The second kappa shape index (κ2) is 13.0. The first-order valence-electron chi connectivity index (χ1n) is 10.2. The van der Waals surface area contributed by atoms with Gasteiger partial charge in [-0.15, -0.1) is 0 Å². The molecule has 2 N–H and O–H groups in total. The number of likely N-dealkylation sites (tertiary alicyclic amines) is 1. The lowest BCUT2D eigenvalue weighted by atomic mass is 10.2. The SMILES string of the molecule is CCNC(=NCC(C)N(CC)CC)NCCCN1CCCCCC1=O. The van der Waals surface area contributed by atoms with Gasteiger partial charge in [-0.3, -0.25) is 14.7 Å². The van der Waals surface area contributed by atoms with E-state index in [1.54, 1.807) is 0 Å². The largest absolute Gasteiger partial charge is 0.357 e. The molecule has 1 heterocycles. The lowest BCUT2D eigenvalue weighted by molar-refractivity contribution is -0.130. The molecule has 0 aromatic heterocycles. The average molecular weight is 354 g/mol. The van der Waals surface area contributed by atoms with Gasteiger partial charge in [-0.2, -0.15) is 0 Å². The maximum atomic E-state index is 12.0. The molecule has 1 aliphatic rings. The van der Waals surface area contributed by atoms with Gasteiger partial charge in [0.05, 0.1) is 6.54 Å². The molecule has 1 unspecified atom stereocenters. The van der Waals surface area contributed by atoms with Gasteiger partial charge in [0, 0.05) is 38.6 Å². The molecule has 6 heteroatoms. The summed E-state index contributed by atoms with van der Waals surface area (Å²) in [5.74, 6) is 1.20. The molecule has 1 amide bonds. The Hall–Kier alpha value is -1.30. The van der Waals surface area contributed by atoms with Gasteiger partial charge in [0.1, 0.15) is 0 Å². The normalized spacial score (nSPS) is 17.6. The van der Waals surface area contributed by atoms with Crippen LogP contribution in [0.5, 0.6) is 0 Å². The zero-order valence-corrected chi connectivity index (χ0v) is 16.8. The number of hydrogen-bond acceptors (Lipinski definition) is 3. The molecule has 1 rings (SSSR count). The van der Waals surface area contributed by atoms with Gasteiger partial charge in [-0.05, 0) is 46.2 Å². The average Bonchev–Trinajstić information content (AvgIpc) is 2.81. The van der Waals surface area contributed by atoms with Gasteiger partial charge in [0.15, 0.2) is 5.96 Å². The third-order valence-corrected chi connectivity index (χ3v) is 4.86. The summed E-state index contributed by atoms with van der Waals surface area (Å²) in [5, 5.41) is 6.71. The molecule has 1 aliphatic heterocycles. The molecule has 0 bridgehead atoms. The minimum Gasteiger partial charge on any atom is -0.357 e. The first-order chi connectivity index (χ1) is 12.1. The Bertz CT molecular complexity index is 395. The zero-order valence-electron chi connectivity index (χ0n) is 16.8. The summed E-state index contributed by atoms with van der Waals surface area (Å²) in [6.07, 6.45) is 5.06. The van der Waals surface area contributed by atoms with Crippen molar-refractivity contribution in [1.82, 2.24) is 20.4 Å². The van der Waals surface area contributed by atoms with Gasteiger partial charge in [-0.25, -0.2) is 0 Å². The van der Waals surface area contributed by atoms with Gasteiger partial charge in [-0.1, -0.05) is 20.3 Å². The maximum absolute atomic E-state index is 12.0. The Kier molecular flexibility index (Phi) is 11.3. The number of aliphatic imine (C=N–C) groups is 1. The summed E-state index contributed by atoms with van der Waals surface area (Å²) in [6, 6.07) is 0.445. The number of guanidine groups is 1. The third-order valence-electron chi connectivity index (χ3n) is 4.86. The highest BCUT2D eigenvalue weighted by molar-refractivity contribution is 5.79. The zero-order chi connectivity index (χ0) is 18.5. The predicted molar refractivity (Wildman–Crippen MR) is 106 cm³/mol. The number of rotatable bonds is 10. The van der Waals surface area contributed by atoms with E-state index in [1.165, 1.54) is 6.42 Å². The molecule has 146 valence electrons. The molecule has 1 fully saturated rings. The van der Waals surface area contributed by atoms with Crippen molar-refractivity contribution in [3.05, 3.63) is 0 Å². The van der Waals surface area contributed by atoms with E-state index in [0.29, 0.717) is 11.9 Å². The van der Waals surface area contributed by atoms with Crippen LogP contribution < -0.4 is 10.6 Å².